The van der Waals surface area contributed by atoms with Gasteiger partial charge >= 0.3 is 0 Å². The third kappa shape index (κ3) is 7.74. The van der Waals surface area contributed by atoms with Crippen molar-refractivity contribution in [2.45, 2.75) is 47.2 Å². The number of carbonyl (C=O) groups excluding carboxylic acids is 2. The molecule has 7 nitrogen and oxygen atoms in total. The summed E-state index contributed by atoms with van der Waals surface area (Å²) in [5, 5.41) is 3.41. The first-order valence-corrected chi connectivity index (χ1v) is 13.4. The van der Waals surface area contributed by atoms with Crippen molar-refractivity contribution >= 4 is 39.1 Å². The van der Waals surface area contributed by atoms with Gasteiger partial charge in [0, 0.05) is 18.1 Å². The first kappa shape index (κ1) is 27.7. The van der Waals surface area contributed by atoms with Crippen LogP contribution in [0, 0.1) is 19.8 Å². The summed E-state index contributed by atoms with van der Waals surface area (Å²) in [6.45, 7) is 9.61. The molecule has 2 rings (SSSR count). The van der Waals surface area contributed by atoms with Crippen LogP contribution in [0.25, 0.3) is 0 Å². The lowest BCUT2D eigenvalue weighted by atomic mass is 10.1. The predicted molar refractivity (Wildman–Crippen MR) is 137 cm³/mol. The van der Waals surface area contributed by atoms with Crippen LogP contribution in [-0.4, -0.2) is 50.5 Å². The summed E-state index contributed by atoms with van der Waals surface area (Å²) in [4.78, 5) is 27.7. The second kappa shape index (κ2) is 11.7. The maximum Gasteiger partial charge on any atom is 0.244 e. The Balaban J connectivity index is 2.37. The lowest BCUT2D eigenvalue weighted by Gasteiger charge is -2.31. The predicted octanol–water partition coefficient (Wildman–Crippen LogP) is 3.91. The van der Waals surface area contributed by atoms with Crippen LogP contribution < -0.4 is 9.62 Å². The van der Waals surface area contributed by atoms with E-state index in [1.807, 2.05) is 33.8 Å². The number of halogens is 1. The Morgan fingerprint density at radius 1 is 1.00 bits per heavy atom. The highest BCUT2D eigenvalue weighted by Gasteiger charge is 2.30. The lowest BCUT2D eigenvalue weighted by molar-refractivity contribution is -0.139. The van der Waals surface area contributed by atoms with Gasteiger partial charge in [0.2, 0.25) is 21.8 Å². The van der Waals surface area contributed by atoms with E-state index < -0.39 is 28.5 Å². The quantitative estimate of drug-likeness (QED) is 0.528. The number of sulfonamides is 1. The van der Waals surface area contributed by atoms with Crippen LogP contribution >= 0.6 is 11.6 Å². The minimum absolute atomic E-state index is 0.136. The number of hydrogen-bond acceptors (Lipinski definition) is 4. The Labute approximate surface area is 208 Å². The molecule has 186 valence electrons. The van der Waals surface area contributed by atoms with E-state index in [2.05, 4.69) is 5.32 Å². The maximum absolute atomic E-state index is 13.5. The van der Waals surface area contributed by atoms with E-state index in [0.29, 0.717) is 17.3 Å². The molecule has 0 unspecified atom stereocenters. The van der Waals surface area contributed by atoms with Gasteiger partial charge in [-0.25, -0.2) is 8.42 Å². The first-order chi connectivity index (χ1) is 15.8. The van der Waals surface area contributed by atoms with Crippen molar-refractivity contribution in [2.75, 3.05) is 23.7 Å². The van der Waals surface area contributed by atoms with E-state index in [0.717, 1.165) is 27.3 Å². The molecule has 0 radical (unpaired) electrons. The van der Waals surface area contributed by atoms with Gasteiger partial charge in [0.1, 0.15) is 12.6 Å². The van der Waals surface area contributed by atoms with Crippen LogP contribution in [0.15, 0.2) is 42.5 Å². The van der Waals surface area contributed by atoms with Crippen molar-refractivity contribution in [1.29, 1.82) is 0 Å². The van der Waals surface area contributed by atoms with E-state index >= 15 is 0 Å². The standard InChI is InChI=1S/C25H34ClN3O4S/c1-17(2)14-27-25(31)20(5)28(15-21-8-10-22(26)11-9-21)24(30)16-29(34(6,32)33)23-12-7-18(3)19(4)13-23/h7-13,17,20H,14-16H2,1-6H3,(H,27,31)/t20-/m1/s1. The fourth-order valence-corrected chi connectivity index (χ4v) is 4.28. The summed E-state index contributed by atoms with van der Waals surface area (Å²) >= 11 is 5.99. The monoisotopic (exact) mass is 507 g/mol. The lowest BCUT2D eigenvalue weighted by Crippen LogP contribution is -2.51. The third-order valence-corrected chi connectivity index (χ3v) is 6.97. The van der Waals surface area contributed by atoms with Crippen molar-refractivity contribution in [3.63, 3.8) is 0 Å². The molecular weight excluding hydrogens is 474 g/mol. The molecule has 2 aromatic rings. The van der Waals surface area contributed by atoms with E-state index in [4.69, 9.17) is 11.6 Å². The van der Waals surface area contributed by atoms with Crippen molar-refractivity contribution < 1.29 is 18.0 Å². The zero-order chi connectivity index (χ0) is 25.6. The smallest absolute Gasteiger partial charge is 0.244 e. The number of anilines is 1. The number of aryl methyl sites for hydroxylation is 2. The molecule has 0 aromatic heterocycles. The van der Waals surface area contributed by atoms with Gasteiger partial charge in [-0.05, 0) is 67.6 Å². The molecule has 1 N–H and O–H groups in total. The fraction of sp³-hybridized carbons (Fsp3) is 0.440. The number of rotatable bonds is 10. The number of nitrogens with one attached hydrogen (secondary N) is 1. The molecule has 0 fully saturated rings. The third-order valence-electron chi connectivity index (χ3n) is 5.58. The van der Waals surface area contributed by atoms with E-state index in [-0.39, 0.29) is 18.4 Å². The van der Waals surface area contributed by atoms with Gasteiger partial charge < -0.3 is 10.2 Å². The van der Waals surface area contributed by atoms with Crippen LogP contribution in [0.5, 0.6) is 0 Å². The van der Waals surface area contributed by atoms with Gasteiger partial charge in [-0.2, -0.15) is 0 Å². The summed E-state index contributed by atoms with van der Waals surface area (Å²) in [6.07, 6.45) is 1.07. The minimum Gasteiger partial charge on any atom is -0.354 e. The molecule has 34 heavy (non-hydrogen) atoms. The molecule has 0 spiro atoms. The van der Waals surface area contributed by atoms with Gasteiger partial charge in [0.05, 0.1) is 11.9 Å². The Kier molecular flexibility index (Phi) is 9.53. The topological polar surface area (TPSA) is 86.8 Å². The van der Waals surface area contributed by atoms with Crippen molar-refractivity contribution in [2.24, 2.45) is 5.92 Å². The van der Waals surface area contributed by atoms with Gasteiger partial charge in [0.15, 0.2) is 0 Å². The number of carbonyl (C=O) groups is 2. The number of nitrogens with zero attached hydrogens (tertiary/aromatic N) is 2. The summed E-state index contributed by atoms with van der Waals surface area (Å²) in [7, 11) is -3.75. The van der Waals surface area contributed by atoms with E-state index in [1.54, 1.807) is 43.3 Å². The highest BCUT2D eigenvalue weighted by molar-refractivity contribution is 7.92. The van der Waals surface area contributed by atoms with Gasteiger partial charge in [-0.15, -0.1) is 0 Å². The largest absolute Gasteiger partial charge is 0.354 e. The minimum atomic E-state index is -3.75. The zero-order valence-electron chi connectivity index (χ0n) is 20.6. The number of amides is 2. The summed E-state index contributed by atoms with van der Waals surface area (Å²) in [5.41, 5.74) is 3.11. The molecule has 0 aliphatic heterocycles. The van der Waals surface area contributed by atoms with E-state index in [1.165, 1.54) is 4.90 Å². The fourth-order valence-electron chi connectivity index (χ4n) is 3.32. The molecule has 0 aliphatic carbocycles. The molecule has 2 amide bonds. The second-order valence-corrected chi connectivity index (χ2v) is 11.3. The van der Waals surface area contributed by atoms with Gasteiger partial charge in [0.25, 0.3) is 0 Å². The van der Waals surface area contributed by atoms with Crippen LogP contribution in [0.3, 0.4) is 0 Å². The van der Waals surface area contributed by atoms with Crippen LogP contribution in [0.1, 0.15) is 37.5 Å². The van der Waals surface area contributed by atoms with Gasteiger partial charge in [-0.3, -0.25) is 13.9 Å². The Morgan fingerprint density at radius 2 is 1.62 bits per heavy atom. The maximum atomic E-state index is 13.5. The molecule has 2 aromatic carbocycles. The highest BCUT2D eigenvalue weighted by Crippen LogP contribution is 2.22. The normalized spacial score (nSPS) is 12.4. The molecule has 0 saturated heterocycles. The summed E-state index contributed by atoms with van der Waals surface area (Å²) in [6, 6.07) is 11.4. The molecule has 0 bridgehead atoms. The average Bonchev–Trinajstić information content (AvgIpc) is 2.76. The SMILES string of the molecule is Cc1ccc(N(CC(=O)N(Cc2ccc(Cl)cc2)[C@H](C)C(=O)NCC(C)C)S(C)(=O)=O)cc1C. The Hall–Kier alpha value is -2.58. The van der Waals surface area contributed by atoms with Crippen LogP contribution in [0.4, 0.5) is 5.69 Å². The number of hydrogen-bond donors (Lipinski definition) is 1. The summed E-state index contributed by atoms with van der Waals surface area (Å²) in [5.74, 6) is -0.527. The van der Waals surface area contributed by atoms with E-state index in [9.17, 15) is 18.0 Å². The number of benzene rings is 2. The Bertz CT molecular complexity index is 1120. The van der Waals surface area contributed by atoms with Gasteiger partial charge in [-0.1, -0.05) is 43.6 Å². The molecule has 0 saturated carbocycles. The van der Waals surface area contributed by atoms with Crippen molar-refractivity contribution in [1.82, 2.24) is 10.2 Å². The van der Waals surface area contributed by atoms with Crippen molar-refractivity contribution in [3.8, 4) is 0 Å². The van der Waals surface area contributed by atoms with Crippen LogP contribution in [0.2, 0.25) is 5.02 Å². The first-order valence-electron chi connectivity index (χ1n) is 11.2. The molecule has 9 heteroatoms. The van der Waals surface area contributed by atoms with Crippen LogP contribution in [-0.2, 0) is 26.2 Å². The zero-order valence-corrected chi connectivity index (χ0v) is 22.2. The summed E-state index contributed by atoms with van der Waals surface area (Å²) < 4.78 is 26.3. The highest BCUT2D eigenvalue weighted by atomic mass is 35.5. The second-order valence-electron chi connectivity index (χ2n) is 9.00. The average molecular weight is 508 g/mol. The molecule has 0 heterocycles. The Morgan fingerprint density at radius 3 is 2.15 bits per heavy atom. The molecular formula is C25H34ClN3O4S. The molecule has 1 atom stereocenters. The van der Waals surface area contributed by atoms with Crippen molar-refractivity contribution in [3.05, 3.63) is 64.2 Å². The molecule has 0 aliphatic rings.